The maximum Gasteiger partial charge on any atom is 0.281 e. The maximum atomic E-state index is 12.5. The van der Waals surface area contributed by atoms with E-state index in [1.807, 2.05) is 24.3 Å². The summed E-state index contributed by atoms with van der Waals surface area (Å²) in [7, 11) is 1.78. The largest absolute Gasteiger partial charge is 0.490 e. The third-order valence-electron chi connectivity index (χ3n) is 5.97. The highest BCUT2D eigenvalue weighted by atomic mass is 32.2. The molecule has 2 fully saturated rings. The molecule has 0 saturated carbocycles. The Bertz CT molecular complexity index is 797. The molecule has 2 saturated heterocycles. The van der Waals surface area contributed by atoms with Crippen LogP contribution in [0.25, 0.3) is 0 Å². The molecule has 0 bridgehead atoms. The molecule has 8 nitrogen and oxygen atoms in total. The molecule has 0 spiro atoms. The zero-order valence-corrected chi connectivity index (χ0v) is 19.0. The lowest BCUT2D eigenvalue weighted by Crippen LogP contribution is -2.46. The molecule has 1 N–H and O–H groups in total. The topological polar surface area (TPSA) is 82.2 Å². The van der Waals surface area contributed by atoms with Crippen LogP contribution in [0.1, 0.15) is 31.2 Å². The van der Waals surface area contributed by atoms with Crippen LogP contribution in [0.5, 0.6) is 5.75 Å². The third-order valence-corrected chi connectivity index (χ3v) is 7.91. The fourth-order valence-electron chi connectivity index (χ4n) is 3.89. The van der Waals surface area contributed by atoms with Crippen LogP contribution in [-0.2, 0) is 21.5 Å². The van der Waals surface area contributed by atoms with Crippen LogP contribution in [0.3, 0.4) is 0 Å². The summed E-state index contributed by atoms with van der Waals surface area (Å²) in [6, 6.07) is 7.89. The first-order valence-electron chi connectivity index (χ1n) is 10.6. The molecule has 2 aliphatic rings. The standard InChI is InChI=1S/C21H34N4O4S/c1-23(2)30(27,28)25-14-8-18(9-15-25)21(26)22-16-17-4-6-19(7-5-17)29-20-10-12-24(3)13-11-20/h4-7,18,20H,8-16H2,1-3H3,(H,22,26). The minimum atomic E-state index is -3.40. The van der Waals surface area contributed by atoms with Crippen molar-refractivity contribution in [3.63, 3.8) is 0 Å². The van der Waals surface area contributed by atoms with Crippen molar-refractivity contribution < 1.29 is 17.9 Å². The zero-order valence-electron chi connectivity index (χ0n) is 18.2. The van der Waals surface area contributed by atoms with Gasteiger partial charge in [-0.25, -0.2) is 0 Å². The Kier molecular flexibility index (Phi) is 7.73. The highest BCUT2D eigenvalue weighted by Crippen LogP contribution is 2.22. The number of rotatable bonds is 7. The van der Waals surface area contributed by atoms with Crippen LogP contribution in [0, 0.1) is 5.92 Å². The molecule has 3 rings (SSSR count). The van der Waals surface area contributed by atoms with Gasteiger partial charge >= 0.3 is 0 Å². The number of piperidine rings is 2. The molecule has 2 aliphatic heterocycles. The first-order valence-corrected chi connectivity index (χ1v) is 12.0. The van der Waals surface area contributed by atoms with Crippen molar-refractivity contribution in [3.8, 4) is 5.75 Å². The Morgan fingerprint density at radius 3 is 2.23 bits per heavy atom. The van der Waals surface area contributed by atoms with E-state index in [1.165, 1.54) is 22.7 Å². The van der Waals surface area contributed by atoms with E-state index >= 15 is 0 Å². The fraction of sp³-hybridized carbons (Fsp3) is 0.667. The van der Waals surface area contributed by atoms with E-state index < -0.39 is 10.2 Å². The Morgan fingerprint density at radius 1 is 1.07 bits per heavy atom. The molecule has 9 heteroatoms. The second-order valence-corrected chi connectivity index (χ2v) is 10.6. The highest BCUT2D eigenvalue weighted by molar-refractivity contribution is 7.86. The van der Waals surface area contributed by atoms with E-state index in [-0.39, 0.29) is 17.9 Å². The number of carbonyl (C=O) groups excluding carboxylic acids is 1. The predicted molar refractivity (Wildman–Crippen MR) is 116 cm³/mol. The average Bonchev–Trinajstić information content (AvgIpc) is 2.74. The van der Waals surface area contributed by atoms with Gasteiger partial charge in [0.25, 0.3) is 10.2 Å². The van der Waals surface area contributed by atoms with Gasteiger partial charge in [-0.1, -0.05) is 12.1 Å². The van der Waals surface area contributed by atoms with Gasteiger partial charge < -0.3 is 15.0 Å². The van der Waals surface area contributed by atoms with Gasteiger partial charge in [-0.2, -0.15) is 17.0 Å². The first kappa shape index (κ1) is 23.0. The summed E-state index contributed by atoms with van der Waals surface area (Å²) in [4.78, 5) is 14.8. The van der Waals surface area contributed by atoms with Crippen molar-refractivity contribution in [2.45, 2.75) is 38.3 Å². The summed E-state index contributed by atoms with van der Waals surface area (Å²) in [5, 5.41) is 2.99. The molecule has 168 valence electrons. The van der Waals surface area contributed by atoms with Crippen molar-refractivity contribution in [3.05, 3.63) is 29.8 Å². The van der Waals surface area contributed by atoms with Gasteiger partial charge in [0.15, 0.2) is 0 Å². The molecule has 0 unspecified atom stereocenters. The molecule has 30 heavy (non-hydrogen) atoms. The van der Waals surface area contributed by atoms with Crippen molar-refractivity contribution >= 4 is 16.1 Å². The van der Waals surface area contributed by atoms with E-state index in [0.717, 1.165) is 37.2 Å². The van der Waals surface area contributed by atoms with Crippen LogP contribution >= 0.6 is 0 Å². The molecule has 2 heterocycles. The highest BCUT2D eigenvalue weighted by Gasteiger charge is 2.32. The maximum absolute atomic E-state index is 12.5. The SMILES string of the molecule is CN1CCC(Oc2ccc(CNC(=O)C3CCN(S(=O)(=O)N(C)C)CC3)cc2)CC1. The summed E-state index contributed by atoms with van der Waals surface area (Å²) in [5.41, 5.74) is 1.02. The smallest absolute Gasteiger partial charge is 0.281 e. The number of nitrogens with zero attached hydrogens (tertiary/aromatic N) is 3. The Hall–Kier alpha value is -1.68. The Balaban J connectivity index is 1.42. The van der Waals surface area contributed by atoms with Crippen LogP contribution in [-0.4, -0.2) is 81.3 Å². The summed E-state index contributed by atoms with van der Waals surface area (Å²) < 4.78 is 33.1. The second kappa shape index (κ2) is 10.1. The van der Waals surface area contributed by atoms with Crippen molar-refractivity contribution in [1.29, 1.82) is 0 Å². The second-order valence-electron chi connectivity index (χ2n) is 8.45. The molecule has 0 radical (unpaired) electrons. The van der Waals surface area contributed by atoms with Crippen LogP contribution in [0.4, 0.5) is 0 Å². The van der Waals surface area contributed by atoms with Crippen LogP contribution < -0.4 is 10.1 Å². The third kappa shape index (κ3) is 5.94. The lowest BCUT2D eigenvalue weighted by molar-refractivity contribution is -0.126. The van der Waals surface area contributed by atoms with Gasteiger partial charge in [0.2, 0.25) is 5.91 Å². The van der Waals surface area contributed by atoms with Crippen molar-refractivity contribution in [2.24, 2.45) is 5.92 Å². The Morgan fingerprint density at radius 2 is 1.67 bits per heavy atom. The summed E-state index contributed by atoms with van der Waals surface area (Å²) >= 11 is 0. The number of carbonyl (C=O) groups is 1. The summed E-state index contributed by atoms with van der Waals surface area (Å²) in [6.07, 6.45) is 3.45. The average molecular weight is 439 g/mol. The molecular weight excluding hydrogens is 404 g/mol. The van der Waals surface area contributed by atoms with Crippen molar-refractivity contribution in [2.75, 3.05) is 47.3 Å². The van der Waals surface area contributed by atoms with Crippen LogP contribution in [0.15, 0.2) is 24.3 Å². The number of likely N-dealkylation sites (tertiary alicyclic amines) is 1. The first-order chi connectivity index (χ1) is 14.3. The molecule has 1 amide bonds. The van der Waals surface area contributed by atoms with E-state index in [0.29, 0.717) is 32.5 Å². The van der Waals surface area contributed by atoms with Gasteiger partial charge in [0.05, 0.1) is 0 Å². The minimum Gasteiger partial charge on any atom is -0.490 e. The number of hydrogen-bond acceptors (Lipinski definition) is 5. The van der Waals surface area contributed by atoms with E-state index in [4.69, 9.17) is 4.74 Å². The monoisotopic (exact) mass is 438 g/mol. The van der Waals surface area contributed by atoms with Gasteiger partial charge in [0.1, 0.15) is 11.9 Å². The molecule has 0 aromatic heterocycles. The lowest BCUT2D eigenvalue weighted by atomic mass is 9.97. The van der Waals surface area contributed by atoms with Crippen LogP contribution in [0.2, 0.25) is 0 Å². The number of nitrogens with one attached hydrogen (secondary N) is 1. The zero-order chi connectivity index (χ0) is 21.7. The molecule has 1 aromatic rings. The van der Waals surface area contributed by atoms with E-state index in [9.17, 15) is 13.2 Å². The number of ether oxygens (including phenoxy) is 1. The Labute approximate surface area is 180 Å². The number of hydrogen-bond donors (Lipinski definition) is 1. The minimum absolute atomic E-state index is 0.0106. The summed E-state index contributed by atoms with van der Waals surface area (Å²) in [6.45, 7) is 3.34. The van der Waals surface area contributed by atoms with Crippen molar-refractivity contribution in [1.82, 2.24) is 18.8 Å². The number of benzene rings is 1. The van der Waals surface area contributed by atoms with E-state index in [1.54, 1.807) is 0 Å². The quantitative estimate of drug-likeness (QED) is 0.694. The molecular formula is C21H34N4O4S. The van der Waals surface area contributed by atoms with Gasteiger partial charge in [0, 0.05) is 52.7 Å². The number of amides is 1. The van der Waals surface area contributed by atoms with Gasteiger partial charge in [-0.05, 0) is 50.4 Å². The predicted octanol–water partition coefficient (Wildman–Crippen LogP) is 1.29. The van der Waals surface area contributed by atoms with Gasteiger partial charge in [-0.3, -0.25) is 4.79 Å². The molecule has 0 atom stereocenters. The molecule has 1 aromatic carbocycles. The lowest BCUT2D eigenvalue weighted by Gasteiger charge is -2.32. The normalized spacial score (nSPS) is 20.4. The molecule has 0 aliphatic carbocycles. The fourth-order valence-corrected chi connectivity index (χ4v) is 5.03. The summed E-state index contributed by atoms with van der Waals surface area (Å²) in [5.74, 6) is 0.711. The van der Waals surface area contributed by atoms with E-state index in [2.05, 4.69) is 17.3 Å². The van der Waals surface area contributed by atoms with Gasteiger partial charge in [-0.15, -0.1) is 0 Å².